The lowest BCUT2D eigenvalue weighted by Crippen LogP contribution is -2.58. The molecule has 0 aliphatic carbocycles. The van der Waals surface area contributed by atoms with Crippen LogP contribution in [0.5, 0.6) is 11.5 Å². The predicted octanol–water partition coefficient (Wildman–Crippen LogP) is 9.78. The minimum Gasteiger partial charge on any atom is -0.465 e. The highest BCUT2D eigenvalue weighted by Crippen LogP contribution is 2.54. The molecule has 3 unspecified atom stereocenters. The van der Waals surface area contributed by atoms with Gasteiger partial charge in [0.2, 0.25) is 0 Å². The molecule has 0 amide bonds. The van der Waals surface area contributed by atoms with Gasteiger partial charge in [0.1, 0.15) is 39.8 Å². The van der Waals surface area contributed by atoms with E-state index in [1.165, 1.54) is 6.92 Å². The summed E-state index contributed by atoms with van der Waals surface area (Å²) >= 11 is 6.71. The Morgan fingerprint density at radius 2 is 1.28 bits per heavy atom. The van der Waals surface area contributed by atoms with Crippen LogP contribution in [0.4, 0.5) is 5.69 Å². The molecular formula is C49H62Br2N2O11. The molecule has 1 spiro atoms. The highest BCUT2D eigenvalue weighted by atomic mass is 79.9. The fourth-order valence-corrected chi connectivity index (χ4v) is 9.57. The molecule has 15 heteroatoms. The minimum atomic E-state index is -1.72. The number of fused-ring (bicyclic) bond motifs is 4. The number of hydrogen-bond donors (Lipinski definition) is 0. The van der Waals surface area contributed by atoms with Gasteiger partial charge in [-0.2, -0.15) is 0 Å². The number of rotatable bonds is 20. The summed E-state index contributed by atoms with van der Waals surface area (Å²) in [7, 11) is 1.97. The summed E-state index contributed by atoms with van der Waals surface area (Å²) in [6.07, 6.45) is 5.04. The summed E-state index contributed by atoms with van der Waals surface area (Å²) < 4.78 is 35.1. The zero-order valence-corrected chi connectivity index (χ0v) is 41.8. The van der Waals surface area contributed by atoms with E-state index in [0.29, 0.717) is 24.2 Å². The quantitative estimate of drug-likeness (QED) is 0.0348. The first-order valence-electron chi connectivity index (χ1n) is 21.9. The average Bonchev–Trinajstić information content (AvgIpc) is 3.41. The normalized spacial score (nSPS) is 18.2. The van der Waals surface area contributed by atoms with Gasteiger partial charge in [0, 0.05) is 24.5 Å². The van der Waals surface area contributed by atoms with Crippen molar-refractivity contribution in [3.8, 4) is 11.5 Å². The Bertz CT molecular complexity index is 2200. The van der Waals surface area contributed by atoms with Gasteiger partial charge in [0.15, 0.2) is 0 Å². The van der Waals surface area contributed by atoms with Crippen molar-refractivity contribution < 1.29 is 52.4 Å². The van der Waals surface area contributed by atoms with Crippen LogP contribution in [-0.2, 0) is 48.3 Å². The second-order valence-corrected chi connectivity index (χ2v) is 21.0. The van der Waals surface area contributed by atoms with Crippen LogP contribution in [0.1, 0.15) is 112 Å². The smallest absolute Gasteiger partial charge is 0.324 e. The number of ether oxygens (including phenoxy) is 6. The van der Waals surface area contributed by atoms with Crippen molar-refractivity contribution in [3.05, 3.63) is 65.7 Å². The lowest BCUT2D eigenvalue weighted by atomic mass is 9.81. The van der Waals surface area contributed by atoms with Gasteiger partial charge in [0.05, 0.1) is 29.5 Å². The Labute approximate surface area is 393 Å². The fraction of sp³-hybridized carbons (Fsp3) is 0.551. The molecular weight excluding hydrogens is 952 g/mol. The first kappa shape index (κ1) is 50.5. The van der Waals surface area contributed by atoms with Gasteiger partial charge in [-0.3, -0.25) is 24.0 Å². The second kappa shape index (κ2) is 20.3. The Morgan fingerprint density at radius 1 is 0.750 bits per heavy atom. The van der Waals surface area contributed by atoms with E-state index in [1.807, 2.05) is 51.2 Å². The van der Waals surface area contributed by atoms with E-state index in [9.17, 15) is 24.0 Å². The number of alkyl halides is 2. The third kappa shape index (κ3) is 10.8. The number of carbonyl (C=O) groups excluding carboxylic acids is 5. The molecule has 3 atom stereocenters. The molecule has 0 saturated heterocycles. The monoisotopic (exact) mass is 1010 g/mol. The molecule has 2 aliphatic rings. The Morgan fingerprint density at radius 3 is 1.81 bits per heavy atom. The summed E-state index contributed by atoms with van der Waals surface area (Å²) in [4.78, 5) is 72.4. The first-order valence-corrected chi connectivity index (χ1v) is 23.7. The van der Waals surface area contributed by atoms with E-state index in [-0.39, 0.29) is 31.8 Å². The second-order valence-electron chi connectivity index (χ2n) is 18.8. The summed E-state index contributed by atoms with van der Waals surface area (Å²) in [6, 6.07) is 17.2. The zero-order valence-electron chi connectivity index (χ0n) is 38.6. The Hall–Kier alpha value is -4.50. The predicted molar refractivity (Wildman–Crippen MR) is 252 cm³/mol. The molecule has 64 heavy (non-hydrogen) atoms. The molecule has 0 bridgehead atoms. The number of aliphatic imine (C=N–C) groups is 1. The van der Waals surface area contributed by atoms with Crippen LogP contribution in [0.2, 0.25) is 0 Å². The van der Waals surface area contributed by atoms with Gasteiger partial charge in [-0.25, -0.2) is 4.99 Å². The Balaban J connectivity index is 1.37. The topological polar surface area (TPSA) is 156 Å². The van der Waals surface area contributed by atoms with Crippen molar-refractivity contribution in [1.29, 1.82) is 0 Å². The highest BCUT2D eigenvalue weighted by Gasteiger charge is 2.59. The lowest BCUT2D eigenvalue weighted by molar-refractivity contribution is -0.171. The van der Waals surface area contributed by atoms with Crippen LogP contribution in [0.15, 0.2) is 59.6 Å². The maximum Gasteiger partial charge on any atom is 0.324 e. The number of likely N-dealkylation sites (N-methyl/N-ethyl adjacent to an activating group) is 1. The van der Waals surface area contributed by atoms with Crippen molar-refractivity contribution >= 4 is 84.4 Å². The number of esters is 5. The molecule has 3 aromatic carbocycles. The largest absolute Gasteiger partial charge is 0.465 e. The minimum absolute atomic E-state index is 0.0476. The van der Waals surface area contributed by atoms with Crippen LogP contribution in [0.3, 0.4) is 0 Å². The summed E-state index contributed by atoms with van der Waals surface area (Å²) in [5, 5.41) is 1.57. The summed E-state index contributed by atoms with van der Waals surface area (Å²) in [6.45, 7) is 15.6. The number of anilines is 1. The number of halogens is 2. The highest BCUT2D eigenvalue weighted by molar-refractivity contribution is 9.10. The number of benzene rings is 3. The van der Waals surface area contributed by atoms with Crippen LogP contribution in [0.25, 0.3) is 10.8 Å². The van der Waals surface area contributed by atoms with Crippen molar-refractivity contribution in [2.45, 2.75) is 122 Å². The zero-order chi connectivity index (χ0) is 47.3. The van der Waals surface area contributed by atoms with Crippen LogP contribution in [-0.4, -0.2) is 85.0 Å². The van der Waals surface area contributed by atoms with Gasteiger partial charge in [-0.1, -0.05) is 88.9 Å². The van der Waals surface area contributed by atoms with Gasteiger partial charge >= 0.3 is 29.8 Å². The van der Waals surface area contributed by atoms with Crippen LogP contribution >= 0.6 is 31.9 Å². The molecule has 13 nitrogen and oxygen atoms in total. The molecule has 2 heterocycles. The third-order valence-electron chi connectivity index (χ3n) is 12.1. The van der Waals surface area contributed by atoms with Crippen molar-refractivity contribution in [2.24, 2.45) is 21.2 Å². The molecule has 2 aliphatic heterocycles. The average molecular weight is 1010 g/mol. The number of carbonyl (C=O) groups is 5. The van der Waals surface area contributed by atoms with Gasteiger partial charge < -0.3 is 33.3 Å². The van der Waals surface area contributed by atoms with Gasteiger partial charge in [0.25, 0.3) is 5.85 Å². The molecule has 0 N–H and O–H groups in total. The van der Waals surface area contributed by atoms with E-state index < -0.39 is 80.2 Å². The van der Waals surface area contributed by atoms with Gasteiger partial charge in [-0.05, 0) is 115 Å². The SMILES string of the molecule is CCCCOC(=O)C(Br)CC(C)(C)C(=O)OCC(C)(COC(=O)C(C)(C)CC(Br)C(=O)OCCCC)C(=O)Oc1ccc2ccc3c(c2c1)C=NC1(O3)N(C)c2ccccc2C1(C)C. The van der Waals surface area contributed by atoms with Gasteiger partial charge in [-0.15, -0.1) is 0 Å². The summed E-state index contributed by atoms with van der Waals surface area (Å²) in [5.41, 5.74) is -1.76. The van der Waals surface area contributed by atoms with Crippen molar-refractivity contribution in [2.75, 3.05) is 38.4 Å². The molecule has 348 valence electrons. The molecule has 0 saturated carbocycles. The summed E-state index contributed by atoms with van der Waals surface area (Å²) in [5.74, 6) is -3.46. The fourth-order valence-electron chi connectivity index (χ4n) is 7.69. The van der Waals surface area contributed by atoms with Crippen LogP contribution < -0.4 is 14.4 Å². The van der Waals surface area contributed by atoms with E-state index in [0.717, 1.165) is 34.9 Å². The molecule has 0 radical (unpaired) electrons. The van der Waals surface area contributed by atoms with Crippen molar-refractivity contribution in [3.63, 3.8) is 0 Å². The number of para-hydroxylation sites is 1. The molecule has 5 rings (SSSR count). The van der Waals surface area contributed by atoms with E-state index in [1.54, 1.807) is 46.0 Å². The first-order chi connectivity index (χ1) is 30.0. The van der Waals surface area contributed by atoms with Crippen molar-refractivity contribution in [1.82, 2.24) is 0 Å². The van der Waals surface area contributed by atoms with E-state index in [4.69, 9.17) is 33.4 Å². The van der Waals surface area contributed by atoms with E-state index >= 15 is 0 Å². The number of unbranched alkanes of at least 4 members (excludes halogenated alkanes) is 2. The third-order valence-corrected chi connectivity index (χ3v) is 13.4. The number of hydrogen-bond acceptors (Lipinski definition) is 13. The lowest BCUT2D eigenvalue weighted by Gasteiger charge is -2.44. The maximum absolute atomic E-state index is 14.4. The Kier molecular flexibility index (Phi) is 16.1. The standard InChI is InChI=1S/C49H62Br2N2O11/c1-11-13-23-59-40(54)36(50)26-45(3,4)42(56)61-29-48(9,30-62-43(57)46(5,6)27-37(51)41(55)60-24-14-12-2)44(58)63-32-21-19-31-20-22-39-34(33(31)25-32)28-52-49(64-39)47(7,8)35-17-15-16-18-38(35)53(49)10/h15-22,25,28,36-37H,11-14,23-24,26-27,29-30H2,1-10H3. The molecule has 3 aromatic rings. The van der Waals surface area contributed by atoms with Crippen LogP contribution in [0, 0.1) is 16.2 Å². The van der Waals surface area contributed by atoms with E-state index in [2.05, 4.69) is 62.7 Å². The number of nitrogens with zero attached hydrogens (tertiary/aromatic N) is 2. The molecule has 0 aromatic heterocycles. The maximum atomic E-state index is 14.4. The molecule has 0 fully saturated rings.